The van der Waals surface area contributed by atoms with Crippen LogP contribution in [0, 0.1) is 0 Å². The van der Waals surface area contributed by atoms with Gasteiger partial charge in [-0.2, -0.15) is 13.2 Å². The summed E-state index contributed by atoms with van der Waals surface area (Å²) in [5, 5.41) is 3.39. The molecule has 2 aromatic heterocycles. The second-order valence-electron chi connectivity index (χ2n) is 4.79. The maximum Gasteiger partial charge on any atom is 0.427 e. The highest BCUT2D eigenvalue weighted by Gasteiger charge is 2.33. The zero-order valence-corrected chi connectivity index (χ0v) is 11.8. The van der Waals surface area contributed by atoms with Gasteiger partial charge in [-0.15, -0.1) is 0 Å². The van der Waals surface area contributed by atoms with Gasteiger partial charge in [-0.05, 0) is 18.6 Å². The summed E-state index contributed by atoms with van der Waals surface area (Å²) >= 11 is 0.642. The fourth-order valence-electron chi connectivity index (χ4n) is 2.27. The van der Waals surface area contributed by atoms with Crippen LogP contribution in [0.25, 0.3) is 0 Å². The second-order valence-corrected chi connectivity index (χ2v) is 5.82. The molecule has 0 saturated carbocycles. The minimum atomic E-state index is -4.33. The first-order valence-electron chi connectivity index (χ1n) is 6.48. The number of nitrogens with one attached hydrogen (secondary N) is 1. The molecule has 112 valence electrons. The van der Waals surface area contributed by atoms with Gasteiger partial charge in [-0.3, -0.25) is 0 Å². The van der Waals surface area contributed by atoms with Crippen molar-refractivity contribution < 1.29 is 13.2 Å². The van der Waals surface area contributed by atoms with Crippen molar-refractivity contribution in [3.63, 3.8) is 0 Å². The molecule has 0 bridgehead atoms. The van der Waals surface area contributed by atoms with Crippen LogP contribution in [0.1, 0.15) is 11.3 Å². The molecule has 1 N–H and O–H groups in total. The molecule has 0 radical (unpaired) electrons. The Morgan fingerprint density at radius 1 is 1.29 bits per heavy atom. The summed E-state index contributed by atoms with van der Waals surface area (Å²) in [5.74, 6) is 0.886. The second kappa shape index (κ2) is 5.51. The molecule has 1 aliphatic heterocycles. The third-order valence-electron chi connectivity index (χ3n) is 3.27. The number of aromatic nitrogens is 2. The number of halogens is 3. The maximum atomic E-state index is 12.5. The Balaban J connectivity index is 1.61. The Labute approximate surface area is 123 Å². The van der Waals surface area contributed by atoms with E-state index in [1.165, 1.54) is 0 Å². The molecule has 1 fully saturated rings. The molecule has 0 aliphatic carbocycles. The quantitative estimate of drug-likeness (QED) is 0.944. The zero-order valence-electron chi connectivity index (χ0n) is 11.0. The van der Waals surface area contributed by atoms with Crippen molar-refractivity contribution >= 4 is 22.3 Å². The molecule has 1 saturated heterocycles. The highest BCUT2D eigenvalue weighted by Crippen LogP contribution is 2.35. The van der Waals surface area contributed by atoms with Gasteiger partial charge in [-0.1, -0.05) is 17.4 Å². The smallest absolute Gasteiger partial charge is 0.357 e. The van der Waals surface area contributed by atoms with E-state index in [0.717, 1.165) is 25.0 Å². The van der Waals surface area contributed by atoms with Gasteiger partial charge in [0.05, 0.1) is 6.20 Å². The van der Waals surface area contributed by atoms with E-state index < -0.39 is 11.1 Å². The number of anilines is 2. The number of nitrogens with zero attached hydrogens (tertiary/aromatic N) is 3. The monoisotopic (exact) mass is 314 g/mol. The van der Waals surface area contributed by atoms with Gasteiger partial charge in [0.25, 0.3) is 0 Å². The molecule has 3 rings (SSSR count). The molecule has 4 nitrogen and oxygen atoms in total. The molecule has 0 aromatic carbocycles. The van der Waals surface area contributed by atoms with E-state index in [4.69, 9.17) is 0 Å². The highest BCUT2D eigenvalue weighted by molar-refractivity contribution is 7.15. The van der Waals surface area contributed by atoms with E-state index >= 15 is 0 Å². The van der Waals surface area contributed by atoms with Crippen molar-refractivity contribution in [1.29, 1.82) is 0 Å². The maximum absolute atomic E-state index is 12.5. The molecule has 1 atom stereocenters. The number of hydrogen-bond donors (Lipinski definition) is 1. The summed E-state index contributed by atoms with van der Waals surface area (Å²) in [6, 6.07) is 5.77. The Morgan fingerprint density at radius 3 is 2.81 bits per heavy atom. The van der Waals surface area contributed by atoms with Crippen LogP contribution in [-0.4, -0.2) is 29.1 Å². The van der Waals surface area contributed by atoms with E-state index in [1.807, 2.05) is 18.2 Å². The standard InChI is InChI=1S/C13H13F3N4S/c14-13(15,16)10-7-18-12(21-10)19-9-4-6-20(8-9)11-3-1-2-5-17-11/h1-3,5,7,9H,4,6,8H2,(H,18,19)/t9-/m1/s1. The van der Waals surface area contributed by atoms with Crippen LogP contribution in [0.2, 0.25) is 0 Å². The van der Waals surface area contributed by atoms with E-state index in [1.54, 1.807) is 6.20 Å². The summed E-state index contributed by atoms with van der Waals surface area (Å²) in [5.41, 5.74) is 0. The summed E-state index contributed by atoms with van der Waals surface area (Å²) < 4.78 is 37.6. The molecule has 0 amide bonds. The summed E-state index contributed by atoms with van der Waals surface area (Å²) in [6.07, 6.45) is -0.879. The first kappa shape index (κ1) is 14.1. The van der Waals surface area contributed by atoms with Crippen molar-refractivity contribution in [2.45, 2.75) is 18.6 Å². The number of alkyl halides is 3. The number of thiazole rings is 1. The van der Waals surface area contributed by atoms with Crippen LogP contribution in [0.4, 0.5) is 24.1 Å². The Morgan fingerprint density at radius 2 is 2.14 bits per heavy atom. The lowest BCUT2D eigenvalue weighted by atomic mass is 10.3. The minimum Gasteiger partial charge on any atom is -0.357 e. The molecule has 0 spiro atoms. The fourth-order valence-corrected chi connectivity index (χ4v) is 3.03. The average molecular weight is 314 g/mol. The zero-order chi connectivity index (χ0) is 14.9. The molecule has 3 heterocycles. The topological polar surface area (TPSA) is 41.1 Å². The molecular formula is C13H13F3N4S. The van der Waals surface area contributed by atoms with Crippen molar-refractivity contribution in [2.75, 3.05) is 23.3 Å². The molecule has 1 aliphatic rings. The Hall–Kier alpha value is -1.83. The number of rotatable bonds is 3. The summed E-state index contributed by atoms with van der Waals surface area (Å²) in [7, 11) is 0. The van der Waals surface area contributed by atoms with Gasteiger partial charge in [0.1, 0.15) is 10.7 Å². The SMILES string of the molecule is FC(F)(F)c1cnc(N[C@@H]2CCN(c3ccccn3)C2)s1. The van der Waals surface area contributed by atoms with Gasteiger partial charge >= 0.3 is 6.18 Å². The lowest BCUT2D eigenvalue weighted by Crippen LogP contribution is -2.26. The van der Waals surface area contributed by atoms with Crippen LogP contribution in [0.3, 0.4) is 0 Å². The van der Waals surface area contributed by atoms with Crippen LogP contribution in [-0.2, 0) is 6.18 Å². The third kappa shape index (κ3) is 3.26. The summed E-state index contributed by atoms with van der Waals surface area (Å²) in [6.45, 7) is 1.53. The largest absolute Gasteiger partial charge is 0.427 e. The number of pyridine rings is 1. The molecule has 0 unspecified atom stereocenters. The third-order valence-corrected chi connectivity index (χ3v) is 4.25. The lowest BCUT2D eigenvalue weighted by molar-refractivity contribution is -0.134. The normalized spacial score (nSPS) is 19.0. The van der Waals surface area contributed by atoms with Crippen LogP contribution < -0.4 is 10.2 Å². The van der Waals surface area contributed by atoms with Crippen LogP contribution in [0.15, 0.2) is 30.6 Å². The Bertz CT molecular complexity index is 599. The van der Waals surface area contributed by atoms with Crippen molar-refractivity contribution in [3.8, 4) is 0 Å². The predicted molar refractivity (Wildman–Crippen MR) is 75.6 cm³/mol. The Kier molecular flexibility index (Phi) is 3.71. The van der Waals surface area contributed by atoms with Crippen LogP contribution >= 0.6 is 11.3 Å². The molecule has 21 heavy (non-hydrogen) atoms. The highest BCUT2D eigenvalue weighted by atomic mass is 32.1. The van der Waals surface area contributed by atoms with E-state index in [0.29, 0.717) is 23.0 Å². The van der Waals surface area contributed by atoms with Gasteiger partial charge in [0.2, 0.25) is 0 Å². The lowest BCUT2D eigenvalue weighted by Gasteiger charge is -2.17. The fraction of sp³-hybridized carbons (Fsp3) is 0.385. The first-order valence-corrected chi connectivity index (χ1v) is 7.29. The van der Waals surface area contributed by atoms with Crippen molar-refractivity contribution in [1.82, 2.24) is 9.97 Å². The first-order chi connectivity index (χ1) is 10.0. The number of hydrogen-bond acceptors (Lipinski definition) is 5. The van der Waals surface area contributed by atoms with Gasteiger partial charge in [0.15, 0.2) is 5.13 Å². The van der Waals surface area contributed by atoms with E-state index in [2.05, 4.69) is 20.2 Å². The molecular weight excluding hydrogens is 301 g/mol. The van der Waals surface area contributed by atoms with Crippen molar-refractivity contribution in [3.05, 3.63) is 35.5 Å². The van der Waals surface area contributed by atoms with Crippen molar-refractivity contribution in [2.24, 2.45) is 0 Å². The molecule has 8 heteroatoms. The van der Waals surface area contributed by atoms with Gasteiger partial charge < -0.3 is 10.2 Å². The van der Waals surface area contributed by atoms with Crippen LogP contribution in [0.5, 0.6) is 0 Å². The van der Waals surface area contributed by atoms with E-state index in [-0.39, 0.29) is 6.04 Å². The summed E-state index contributed by atoms with van der Waals surface area (Å²) in [4.78, 5) is 9.50. The van der Waals surface area contributed by atoms with E-state index in [9.17, 15) is 13.2 Å². The average Bonchev–Trinajstić information content (AvgIpc) is 3.09. The van der Waals surface area contributed by atoms with Gasteiger partial charge in [0, 0.05) is 25.3 Å². The molecule has 2 aromatic rings. The minimum absolute atomic E-state index is 0.0826. The van der Waals surface area contributed by atoms with Gasteiger partial charge in [-0.25, -0.2) is 9.97 Å². The predicted octanol–water partition coefficient (Wildman–Crippen LogP) is 3.25.